The Balaban J connectivity index is 2.31. The molecule has 4 heteroatoms. The van der Waals surface area contributed by atoms with Crippen LogP contribution in [0.15, 0.2) is 22.7 Å². The van der Waals surface area contributed by atoms with E-state index in [0.717, 1.165) is 28.1 Å². The Morgan fingerprint density at radius 3 is 2.93 bits per heavy atom. The Morgan fingerprint density at radius 1 is 1.47 bits per heavy atom. The van der Waals surface area contributed by atoms with Gasteiger partial charge in [-0.3, -0.25) is 0 Å². The molecule has 1 nitrogen and oxygen atoms in total. The zero-order chi connectivity index (χ0) is 11.1. The van der Waals surface area contributed by atoms with Gasteiger partial charge in [-0.2, -0.15) is 11.8 Å². The Kier molecular flexibility index (Phi) is 6.73. The molecule has 1 rings (SSSR count). The van der Waals surface area contributed by atoms with Crippen LogP contribution < -0.4 is 5.32 Å². The van der Waals surface area contributed by atoms with Crippen molar-refractivity contribution in [3.8, 4) is 0 Å². The van der Waals surface area contributed by atoms with Crippen LogP contribution in [0.2, 0.25) is 5.02 Å². The average molecular weight is 309 g/mol. The van der Waals surface area contributed by atoms with Crippen LogP contribution >= 0.6 is 39.3 Å². The topological polar surface area (TPSA) is 12.0 Å². The molecule has 0 aliphatic carbocycles. The summed E-state index contributed by atoms with van der Waals surface area (Å²) < 4.78 is 1.03. The van der Waals surface area contributed by atoms with E-state index in [1.807, 2.05) is 30.0 Å². The molecule has 0 atom stereocenters. The van der Waals surface area contributed by atoms with Crippen LogP contribution in [-0.4, -0.2) is 18.6 Å². The van der Waals surface area contributed by atoms with Gasteiger partial charge in [0.2, 0.25) is 0 Å². The maximum absolute atomic E-state index is 6.10. The van der Waals surface area contributed by atoms with Crippen molar-refractivity contribution < 1.29 is 0 Å². The predicted octanol–water partition coefficient (Wildman–Crippen LogP) is 3.95. The summed E-state index contributed by atoms with van der Waals surface area (Å²) in [7, 11) is 0. The van der Waals surface area contributed by atoms with Crippen molar-refractivity contribution in [3.05, 3.63) is 33.3 Å². The molecular formula is C11H15BrClNS. The Morgan fingerprint density at radius 2 is 2.27 bits per heavy atom. The molecule has 0 fully saturated rings. The van der Waals surface area contributed by atoms with Crippen LogP contribution in [-0.2, 0) is 6.54 Å². The first-order valence-electron chi connectivity index (χ1n) is 4.87. The molecule has 0 aromatic heterocycles. The standard InChI is InChI=1S/C11H15BrClNS/c1-15-6-2-5-14-8-9-3-4-10(12)7-11(9)13/h3-4,7,14H,2,5-6,8H2,1H3. The third-order valence-corrected chi connectivity index (χ3v) is 3.57. The van der Waals surface area contributed by atoms with Crippen molar-refractivity contribution in [1.82, 2.24) is 5.32 Å². The van der Waals surface area contributed by atoms with E-state index in [1.54, 1.807) is 0 Å². The van der Waals surface area contributed by atoms with Crippen LogP contribution in [0.4, 0.5) is 0 Å². The molecule has 0 unspecified atom stereocenters. The van der Waals surface area contributed by atoms with E-state index >= 15 is 0 Å². The largest absolute Gasteiger partial charge is 0.313 e. The fraction of sp³-hybridized carbons (Fsp3) is 0.455. The lowest BCUT2D eigenvalue weighted by atomic mass is 10.2. The molecule has 0 aliphatic rings. The summed E-state index contributed by atoms with van der Waals surface area (Å²) in [6.45, 7) is 1.90. The first kappa shape index (κ1) is 13.4. The number of benzene rings is 1. The van der Waals surface area contributed by atoms with E-state index in [1.165, 1.54) is 12.2 Å². The van der Waals surface area contributed by atoms with Crippen molar-refractivity contribution in [2.24, 2.45) is 0 Å². The number of hydrogen-bond acceptors (Lipinski definition) is 2. The maximum atomic E-state index is 6.10. The summed E-state index contributed by atoms with van der Waals surface area (Å²) >= 11 is 11.4. The number of thioether (sulfide) groups is 1. The molecule has 1 aromatic rings. The zero-order valence-corrected chi connectivity index (χ0v) is 11.9. The smallest absolute Gasteiger partial charge is 0.0462 e. The second-order valence-electron chi connectivity index (χ2n) is 3.26. The van der Waals surface area contributed by atoms with Crippen LogP contribution in [0.3, 0.4) is 0 Å². The lowest BCUT2D eigenvalue weighted by Crippen LogP contribution is -2.15. The number of halogens is 2. The van der Waals surface area contributed by atoms with Gasteiger partial charge in [-0.05, 0) is 42.7 Å². The van der Waals surface area contributed by atoms with Crippen molar-refractivity contribution in [1.29, 1.82) is 0 Å². The number of rotatable bonds is 6. The van der Waals surface area contributed by atoms with Gasteiger partial charge in [-0.25, -0.2) is 0 Å². The molecule has 1 aromatic carbocycles. The zero-order valence-electron chi connectivity index (χ0n) is 8.72. The van der Waals surface area contributed by atoms with Gasteiger partial charge < -0.3 is 5.32 Å². The van der Waals surface area contributed by atoms with Crippen LogP contribution in [0.1, 0.15) is 12.0 Å². The minimum absolute atomic E-state index is 0.821. The second-order valence-corrected chi connectivity index (χ2v) is 5.57. The minimum Gasteiger partial charge on any atom is -0.313 e. The summed E-state index contributed by atoms with van der Waals surface area (Å²) in [6, 6.07) is 6.00. The molecule has 0 aliphatic heterocycles. The highest BCUT2D eigenvalue weighted by Gasteiger charge is 1.99. The van der Waals surface area contributed by atoms with Crippen molar-refractivity contribution in [2.45, 2.75) is 13.0 Å². The Hall–Kier alpha value is 0.300. The first-order valence-corrected chi connectivity index (χ1v) is 7.44. The second kappa shape index (κ2) is 7.55. The highest BCUT2D eigenvalue weighted by atomic mass is 79.9. The molecule has 0 saturated carbocycles. The summed E-state index contributed by atoms with van der Waals surface area (Å²) in [5, 5.41) is 4.20. The van der Waals surface area contributed by atoms with Crippen LogP contribution in [0.5, 0.6) is 0 Å². The van der Waals surface area contributed by atoms with Gasteiger partial charge in [0.15, 0.2) is 0 Å². The van der Waals surface area contributed by atoms with E-state index in [9.17, 15) is 0 Å². The third-order valence-electron chi connectivity index (χ3n) is 2.03. The molecule has 84 valence electrons. The fourth-order valence-electron chi connectivity index (χ4n) is 1.23. The number of hydrogen-bond donors (Lipinski definition) is 1. The van der Waals surface area contributed by atoms with Crippen molar-refractivity contribution in [3.63, 3.8) is 0 Å². The summed E-state index contributed by atoms with van der Waals surface area (Å²) in [5.41, 5.74) is 1.16. The lowest BCUT2D eigenvalue weighted by molar-refractivity contribution is 0.679. The van der Waals surface area contributed by atoms with Crippen LogP contribution in [0, 0.1) is 0 Å². The Bertz CT molecular complexity index is 307. The van der Waals surface area contributed by atoms with E-state index in [-0.39, 0.29) is 0 Å². The van der Waals surface area contributed by atoms with Gasteiger partial charge in [0.25, 0.3) is 0 Å². The summed E-state index contributed by atoms with van der Waals surface area (Å²) in [5.74, 6) is 1.21. The minimum atomic E-state index is 0.821. The predicted molar refractivity (Wildman–Crippen MR) is 73.9 cm³/mol. The molecule has 0 heterocycles. The first-order chi connectivity index (χ1) is 7.24. The molecular weight excluding hydrogens is 294 g/mol. The Labute approximate surface area is 109 Å². The van der Waals surface area contributed by atoms with Crippen molar-refractivity contribution in [2.75, 3.05) is 18.6 Å². The lowest BCUT2D eigenvalue weighted by Gasteiger charge is -2.06. The van der Waals surface area contributed by atoms with E-state index in [0.29, 0.717) is 0 Å². The molecule has 0 spiro atoms. The maximum Gasteiger partial charge on any atom is 0.0462 e. The van der Waals surface area contributed by atoms with E-state index in [2.05, 4.69) is 27.5 Å². The van der Waals surface area contributed by atoms with E-state index < -0.39 is 0 Å². The quantitative estimate of drug-likeness (QED) is 0.799. The molecule has 0 bridgehead atoms. The third kappa shape index (κ3) is 5.25. The highest BCUT2D eigenvalue weighted by Crippen LogP contribution is 2.21. The summed E-state index contributed by atoms with van der Waals surface area (Å²) in [4.78, 5) is 0. The molecule has 0 amide bonds. The van der Waals surface area contributed by atoms with E-state index in [4.69, 9.17) is 11.6 Å². The highest BCUT2D eigenvalue weighted by molar-refractivity contribution is 9.10. The molecule has 1 N–H and O–H groups in total. The van der Waals surface area contributed by atoms with Gasteiger partial charge >= 0.3 is 0 Å². The van der Waals surface area contributed by atoms with Crippen LogP contribution in [0.25, 0.3) is 0 Å². The van der Waals surface area contributed by atoms with Gasteiger partial charge in [0, 0.05) is 16.0 Å². The van der Waals surface area contributed by atoms with Gasteiger partial charge in [-0.15, -0.1) is 0 Å². The normalized spacial score (nSPS) is 10.6. The average Bonchev–Trinajstić information content (AvgIpc) is 2.20. The van der Waals surface area contributed by atoms with Gasteiger partial charge in [-0.1, -0.05) is 33.6 Å². The monoisotopic (exact) mass is 307 g/mol. The summed E-state index contributed by atoms with van der Waals surface area (Å²) in [6.07, 6.45) is 3.33. The molecule has 0 saturated heterocycles. The SMILES string of the molecule is CSCCCNCc1ccc(Br)cc1Cl. The van der Waals surface area contributed by atoms with Gasteiger partial charge in [0.1, 0.15) is 0 Å². The molecule has 0 radical (unpaired) electrons. The van der Waals surface area contributed by atoms with Gasteiger partial charge in [0.05, 0.1) is 0 Å². The molecule has 15 heavy (non-hydrogen) atoms. The number of nitrogens with one attached hydrogen (secondary N) is 1. The van der Waals surface area contributed by atoms with Crippen molar-refractivity contribution >= 4 is 39.3 Å². The fourth-order valence-corrected chi connectivity index (χ4v) is 2.40.